The second-order valence-electron chi connectivity index (χ2n) is 8.92. The van der Waals surface area contributed by atoms with Crippen molar-refractivity contribution in [2.75, 3.05) is 11.9 Å². The molecule has 0 aliphatic carbocycles. The molecule has 1 atom stereocenters. The number of alkyl halides is 1. The quantitative estimate of drug-likeness (QED) is 0.201. The Hall–Kier alpha value is -2.14. The first kappa shape index (κ1) is 27.1. The Kier molecular flexibility index (Phi) is 12.2. The van der Waals surface area contributed by atoms with E-state index in [0.29, 0.717) is 12.8 Å². The zero-order valence-electron chi connectivity index (χ0n) is 20.3. The molecule has 1 saturated heterocycles. The zero-order valence-corrected chi connectivity index (χ0v) is 21.9. The van der Waals surface area contributed by atoms with Gasteiger partial charge in [0.2, 0.25) is 5.91 Å². The van der Waals surface area contributed by atoms with E-state index in [4.69, 9.17) is 4.74 Å². The van der Waals surface area contributed by atoms with Crippen LogP contribution in [-0.4, -0.2) is 34.9 Å². The Labute approximate surface area is 207 Å². The number of amides is 2. The molecule has 1 aromatic rings. The predicted octanol–water partition coefficient (Wildman–Crippen LogP) is 7.54. The Morgan fingerprint density at radius 3 is 2.21 bits per heavy atom. The molecule has 180 valence electrons. The molecule has 5 heteroatoms. The number of carbonyl (C=O) groups excluding carboxylic acids is 2. The molecule has 0 spiro atoms. The first-order valence-corrected chi connectivity index (χ1v) is 13.1. The van der Waals surface area contributed by atoms with Crippen LogP contribution < -0.4 is 0 Å². The highest BCUT2D eigenvalue weighted by Gasteiger charge is 2.37. The molecular formula is C28H38BrNO3. The van der Waals surface area contributed by atoms with Gasteiger partial charge in [0, 0.05) is 11.8 Å². The van der Waals surface area contributed by atoms with Crippen molar-refractivity contribution in [1.29, 1.82) is 0 Å². The third kappa shape index (κ3) is 10.1. The third-order valence-electron chi connectivity index (χ3n) is 5.99. The van der Waals surface area contributed by atoms with E-state index in [2.05, 4.69) is 54.9 Å². The van der Waals surface area contributed by atoms with Crippen molar-refractivity contribution in [2.45, 2.75) is 78.2 Å². The second-order valence-corrected chi connectivity index (χ2v) is 9.57. The fraction of sp³-hybridized carbons (Fsp3) is 0.500. The predicted molar refractivity (Wildman–Crippen MR) is 140 cm³/mol. The Morgan fingerprint density at radius 2 is 1.58 bits per heavy atom. The van der Waals surface area contributed by atoms with E-state index < -0.39 is 6.09 Å². The molecule has 2 rings (SSSR count). The van der Waals surface area contributed by atoms with Gasteiger partial charge in [-0.15, -0.1) is 0 Å². The van der Waals surface area contributed by atoms with E-state index in [1.54, 1.807) is 0 Å². The summed E-state index contributed by atoms with van der Waals surface area (Å²) < 4.78 is 5.17. The normalized spacial score (nSPS) is 17.5. The van der Waals surface area contributed by atoms with Crippen LogP contribution in [-0.2, 0) is 16.0 Å². The van der Waals surface area contributed by atoms with Gasteiger partial charge in [-0.25, -0.2) is 9.69 Å². The maximum absolute atomic E-state index is 12.7. The van der Waals surface area contributed by atoms with Gasteiger partial charge in [0.1, 0.15) is 6.61 Å². The van der Waals surface area contributed by atoms with Crippen LogP contribution in [0, 0.1) is 0 Å². The SMILES string of the molecule is C/C(=C\CBr)CC/C=C(\C)CC/C=C(\C)CCCC(=O)N1C(=O)OC[C@H]1Cc1ccccc1. The van der Waals surface area contributed by atoms with Crippen LogP contribution in [0.3, 0.4) is 0 Å². The van der Waals surface area contributed by atoms with Gasteiger partial charge in [-0.3, -0.25) is 4.79 Å². The summed E-state index contributed by atoms with van der Waals surface area (Å²) in [7, 11) is 0. The number of cyclic esters (lactones) is 1. The van der Waals surface area contributed by atoms with Crippen LogP contribution in [0.5, 0.6) is 0 Å². The molecule has 4 nitrogen and oxygen atoms in total. The average molecular weight is 517 g/mol. The van der Waals surface area contributed by atoms with Crippen LogP contribution in [0.4, 0.5) is 4.79 Å². The Morgan fingerprint density at radius 1 is 0.970 bits per heavy atom. The highest BCUT2D eigenvalue weighted by molar-refractivity contribution is 9.09. The van der Waals surface area contributed by atoms with Gasteiger partial charge in [-0.2, -0.15) is 0 Å². The van der Waals surface area contributed by atoms with Crippen molar-refractivity contribution in [1.82, 2.24) is 4.90 Å². The number of carbonyl (C=O) groups is 2. The zero-order chi connectivity index (χ0) is 24.1. The molecule has 0 aromatic heterocycles. The van der Waals surface area contributed by atoms with Gasteiger partial charge < -0.3 is 4.74 Å². The molecule has 1 fully saturated rings. The molecule has 0 N–H and O–H groups in total. The van der Waals surface area contributed by atoms with Gasteiger partial charge in [-0.1, -0.05) is 81.2 Å². The summed E-state index contributed by atoms with van der Waals surface area (Å²) in [5, 5.41) is 0.924. The summed E-state index contributed by atoms with van der Waals surface area (Å²) in [6.07, 6.45) is 13.3. The number of imide groups is 1. The minimum absolute atomic E-state index is 0.130. The van der Waals surface area contributed by atoms with Crippen molar-refractivity contribution < 1.29 is 14.3 Å². The van der Waals surface area contributed by atoms with E-state index in [0.717, 1.165) is 49.4 Å². The van der Waals surface area contributed by atoms with Gasteiger partial charge in [0.25, 0.3) is 0 Å². The van der Waals surface area contributed by atoms with Crippen molar-refractivity contribution in [2.24, 2.45) is 0 Å². The number of hydrogen-bond donors (Lipinski definition) is 0. The lowest BCUT2D eigenvalue weighted by molar-refractivity contribution is -0.129. The van der Waals surface area contributed by atoms with Gasteiger partial charge in [-0.05, 0) is 71.3 Å². The lowest BCUT2D eigenvalue weighted by atomic mass is 10.0. The van der Waals surface area contributed by atoms with Crippen molar-refractivity contribution >= 4 is 27.9 Å². The van der Waals surface area contributed by atoms with Gasteiger partial charge in [0.15, 0.2) is 0 Å². The largest absolute Gasteiger partial charge is 0.447 e. The summed E-state index contributed by atoms with van der Waals surface area (Å²) >= 11 is 3.44. The fourth-order valence-electron chi connectivity index (χ4n) is 3.97. The summed E-state index contributed by atoms with van der Waals surface area (Å²) in [6, 6.07) is 9.71. The first-order valence-electron chi connectivity index (χ1n) is 12.0. The Bertz CT molecular complexity index is 857. The summed E-state index contributed by atoms with van der Waals surface area (Å²) in [5.41, 5.74) is 5.26. The van der Waals surface area contributed by atoms with Crippen LogP contribution >= 0.6 is 15.9 Å². The minimum Gasteiger partial charge on any atom is -0.447 e. The first-order chi connectivity index (χ1) is 15.9. The minimum atomic E-state index is -0.506. The van der Waals surface area contributed by atoms with Crippen LogP contribution in [0.2, 0.25) is 0 Å². The van der Waals surface area contributed by atoms with Gasteiger partial charge >= 0.3 is 6.09 Å². The number of allylic oxidation sites excluding steroid dienone is 6. The molecular weight excluding hydrogens is 478 g/mol. The number of rotatable bonds is 13. The second kappa shape index (κ2) is 14.9. The topological polar surface area (TPSA) is 46.6 Å². The van der Waals surface area contributed by atoms with Crippen LogP contribution in [0.15, 0.2) is 65.3 Å². The number of benzene rings is 1. The highest BCUT2D eigenvalue weighted by Crippen LogP contribution is 2.20. The number of halogens is 1. The maximum Gasteiger partial charge on any atom is 0.416 e. The monoisotopic (exact) mass is 515 g/mol. The van der Waals surface area contributed by atoms with Gasteiger partial charge in [0.05, 0.1) is 6.04 Å². The Balaban J connectivity index is 1.71. The van der Waals surface area contributed by atoms with Crippen LogP contribution in [0.1, 0.15) is 71.3 Å². The molecule has 33 heavy (non-hydrogen) atoms. The lowest BCUT2D eigenvalue weighted by Gasteiger charge is -2.19. The summed E-state index contributed by atoms with van der Waals surface area (Å²) in [5.74, 6) is -0.130. The number of ether oxygens (including phenoxy) is 1. The molecule has 1 heterocycles. The molecule has 1 aromatic carbocycles. The van der Waals surface area contributed by atoms with Crippen molar-refractivity contribution in [3.05, 3.63) is 70.8 Å². The number of nitrogens with zero attached hydrogens (tertiary/aromatic N) is 1. The molecule has 0 saturated carbocycles. The van der Waals surface area contributed by atoms with Crippen LogP contribution in [0.25, 0.3) is 0 Å². The smallest absolute Gasteiger partial charge is 0.416 e. The maximum atomic E-state index is 12.7. The summed E-state index contributed by atoms with van der Waals surface area (Å²) in [4.78, 5) is 26.2. The molecule has 0 bridgehead atoms. The summed E-state index contributed by atoms with van der Waals surface area (Å²) in [6.45, 7) is 6.78. The third-order valence-corrected chi connectivity index (χ3v) is 6.32. The highest BCUT2D eigenvalue weighted by atomic mass is 79.9. The van der Waals surface area contributed by atoms with Crippen molar-refractivity contribution in [3.63, 3.8) is 0 Å². The van der Waals surface area contributed by atoms with E-state index in [-0.39, 0.29) is 18.6 Å². The fourth-order valence-corrected chi connectivity index (χ4v) is 4.52. The van der Waals surface area contributed by atoms with E-state index in [9.17, 15) is 9.59 Å². The average Bonchev–Trinajstić information content (AvgIpc) is 3.14. The van der Waals surface area contributed by atoms with E-state index in [1.807, 2.05) is 30.3 Å². The molecule has 1 aliphatic rings. The molecule has 0 radical (unpaired) electrons. The lowest BCUT2D eigenvalue weighted by Crippen LogP contribution is -2.40. The molecule has 0 unspecified atom stereocenters. The standard InChI is InChI=1S/C28H38BrNO3/c1-22(12-8-13-24(3)18-19-29)10-7-11-23(2)14-9-17-27(31)30-26(21-33-28(30)32)20-25-15-5-4-6-16-25/h4-6,11-12,15-16,18,26H,7-10,13-14,17,19-21H2,1-3H3/b22-12+,23-11+,24-18+/t26-/m1/s1. The number of hydrogen-bond acceptors (Lipinski definition) is 3. The van der Waals surface area contributed by atoms with E-state index in [1.165, 1.54) is 21.6 Å². The molecule has 1 aliphatic heterocycles. The molecule has 2 amide bonds. The van der Waals surface area contributed by atoms with E-state index >= 15 is 0 Å². The van der Waals surface area contributed by atoms with Crippen molar-refractivity contribution in [3.8, 4) is 0 Å².